The molecule has 0 aliphatic heterocycles. The number of rotatable bonds is 8. The molecule has 0 aromatic heterocycles. The average Bonchev–Trinajstić information content (AvgIpc) is 2.74. The molecule has 3 aromatic carbocycles. The van der Waals surface area contributed by atoms with E-state index in [1.54, 1.807) is 12.1 Å². The molecule has 0 heterocycles. The van der Waals surface area contributed by atoms with Crippen molar-refractivity contribution in [2.24, 2.45) is 0 Å². The maximum Gasteiger partial charge on any atom is 0.269 e. The zero-order valence-corrected chi connectivity index (χ0v) is 16.0. The number of carbonyl (C=O) groups excluding carboxylic acids is 1. The van der Waals surface area contributed by atoms with E-state index < -0.39 is 16.8 Å². The standard InChI is InChI=1S/C23H21FN2O3/c1-2-16-6-12-20(13-7-16)25-22(18-4-3-5-21(14-18)26(28)29)15-23(27)17-8-10-19(24)11-9-17/h3-14,22,25H,2,15H2,1H3. The Kier molecular flexibility index (Phi) is 6.34. The number of hydrogen-bond donors (Lipinski definition) is 1. The van der Waals surface area contributed by atoms with Crippen LogP contribution in [0.25, 0.3) is 0 Å². The van der Waals surface area contributed by atoms with Crippen molar-refractivity contribution in [3.8, 4) is 0 Å². The third-order valence-electron chi connectivity index (χ3n) is 4.74. The fourth-order valence-corrected chi connectivity index (χ4v) is 3.08. The Labute approximate surface area is 168 Å². The summed E-state index contributed by atoms with van der Waals surface area (Å²) in [6, 6.07) is 19.0. The minimum Gasteiger partial charge on any atom is -0.378 e. The van der Waals surface area contributed by atoms with E-state index in [4.69, 9.17) is 0 Å². The Morgan fingerprint density at radius 3 is 2.38 bits per heavy atom. The Morgan fingerprint density at radius 1 is 1.07 bits per heavy atom. The molecule has 0 aliphatic rings. The third-order valence-corrected chi connectivity index (χ3v) is 4.74. The molecule has 0 bridgehead atoms. The van der Waals surface area contributed by atoms with Crippen LogP contribution in [-0.2, 0) is 6.42 Å². The summed E-state index contributed by atoms with van der Waals surface area (Å²) >= 11 is 0. The summed E-state index contributed by atoms with van der Waals surface area (Å²) in [6.07, 6.45) is 0.986. The number of nitrogens with zero attached hydrogens (tertiary/aromatic N) is 1. The highest BCUT2D eigenvalue weighted by Crippen LogP contribution is 2.27. The van der Waals surface area contributed by atoms with E-state index in [1.807, 2.05) is 24.3 Å². The smallest absolute Gasteiger partial charge is 0.269 e. The SMILES string of the molecule is CCc1ccc(NC(CC(=O)c2ccc(F)cc2)c2cccc([N+](=O)[O-])c2)cc1. The molecule has 1 N–H and O–H groups in total. The summed E-state index contributed by atoms with van der Waals surface area (Å²) in [7, 11) is 0. The Morgan fingerprint density at radius 2 is 1.76 bits per heavy atom. The van der Waals surface area contributed by atoms with Gasteiger partial charge >= 0.3 is 0 Å². The molecular weight excluding hydrogens is 371 g/mol. The Balaban J connectivity index is 1.89. The molecule has 1 atom stereocenters. The molecule has 0 spiro atoms. The fraction of sp³-hybridized carbons (Fsp3) is 0.174. The molecule has 3 rings (SSSR count). The molecule has 0 radical (unpaired) electrons. The van der Waals surface area contributed by atoms with Gasteiger partial charge in [0.05, 0.1) is 11.0 Å². The van der Waals surface area contributed by atoms with E-state index >= 15 is 0 Å². The van der Waals surface area contributed by atoms with Gasteiger partial charge in [-0.15, -0.1) is 0 Å². The van der Waals surface area contributed by atoms with Crippen molar-refractivity contribution in [2.75, 3.05) is 5.32 Å². The number of hydrogen-bond acceptors (Lipinski definition) is 4. The molecule has 0 saturated carbocycles. The van der Waals surface area contributed by atoms with Crippen LogP contribution in [0.15, 0.2) is 72.8 Å². The van der Waals surface area contributed by atoms with E-state index in [0.29, 0.717) is 11.1 Å². The Hall–Kier alpha value is -3.54. The van der Waals surface area contributed by atoms with E-state index in [2.05, 4.69) is 12.2 Å². The van der Waals surface area contributed by atoms with E-state index in [0.717, 1.165) is 12.1 Å². The fourth-order valence-electron chi connectivity index (χ4n) is 3.08. The van der Waals surface area contributed by atoms with Gasteiger partial charge in [-0.3, -0.25) is 14.9 Å². The first-order chi connectivity index (χ1) is 14.0. The molecule has 0 fully saturated rings. The maximum absolute atomic E-state index is 13.2. The van der Waals surface area contributed by atoms with Crippen LogP contribution in [0.4, 0.5) is 15.8 Å². The molecule has 148 valence electrons. The topological polar surface area (TPSA) is 72.2 Å². The average molecular weight is 392 g/mol. The number of aryl methyl sites for hydroxylation is 1. The number of anilines is 1. The summed E-state index contributed by atoms with van der Waals surface area (Å²) in [5.74, 6) is -0.592. The van der Waals surface area contributed by atoms with Crippen LogP contribution in [0.5, 0.6) is 0 Å². The van der Waals surface area contributed by atoms with Gasteiger partial charge in [-0.2, -0.15) is 0 Å². The van der Waals surface area contributed by atoms with Crippen LogP contribution in [0, 0.1) is 15.9 Å². The van der Waals surface area contributed by atoms with Gasteiger partial charge in [-0.25, -0.2) is 4.39 Å². The number of non-ortho nitro benzene ring substituents is 1. The van der Waals surface area contributed by atoms with Gasteiger partial charge in [0.1, 0.15) is 5.82 Å². The van der Waals surface area contributed by atoms with Crippen molar-refractivity contribution < 1.29 is 14.1 Å². The van der Waals surface area contributed by atoms with Gasteiger partial charge < -0.3 is 5.32 Å². The zero-order chi connectivity index (χ0) is 20.8. The van der Waals surface area contributed by atoms with Crippen molar-refractivity contribution >= 4 is 17.2 Å². The lowest BCUT2D eigenvalue weighted by molar-refractivity contribution is -0.384. The lowest BCUT2D eigenvalue weighted by atomic mass is 9.97. The van der Waals surface area contributed by atoms with Crippen molar-refractivity contribution in [1.29, 1.82) is 0 Å². The van der Waals surface area contributed by atoms with Crippen molar-refractivity contribution in [3.63, 3.8) is 0 Å². The normalized spacial score (nSPS) is 11.7. The molecule has 6 heteroatoms. The van der Waals surface area contributed by atoms with Crippen LogP contribution in [0.2, 0.25) is 0 Å². The molecule has 1 unspecified atom stereocenters. The number of Topliss-reactive ketones (excluding diaryl/α,β-unsaturated/α-hetero) is 1. The van der Waals surface area contributed by atoms with Gasteiger partial charge in [-0.1, -0.05) is 31.2 Å². The number of benzene rings is 3. The predicted octanol–water partition coefficient (Wildman–Crippen LogP) is 5.72. The minimum absolute atomic E-state index is 0.0372. The zero-order valence-electron chi connectivity index (χ0n) is 16.0. The van der Waals surface area contributed by atoms with Crippen LogP contribution < -0.4 is 5.32 Å². The number of carbonyl (C=O) groups is 1. The molecule has 29 heavy (non-hydrogen) atoms. The molecular formula is C23H21FN2O3. The molecule has 0 amide bonds. The molecule has 5 nitrogen and oxygen atoms in total. The van der Waals surface area contributed by atoms with Gasteiger partial charge in [0, 0.05) is 29.8 Å². The summed E-state index contributed by atoms with van der Waals surface area (Å²) in [6.45, 7) is 2.07. The first-order valence-corrected chi connectivity index (χ1v) is 9.35. The highest BCUT2D eigenvalue weighted by Gasteiger charge is 2.19. The summed E-state index contributed by atoms with van der Waals surface area (Å²) in [4.78, 5) is 23.5. The van der Waals surface area contributed by atoms with Crippen LogP contribution in [0.3, 0.4) is 0 Å². The second-order valence-corrected chi connectivity index (χ2v) is 6.73. The summed E-state index contributed by atoms with van der Waals surface area (Å²) in [5.41, 5.74) is 2.99. The first kappa shape index (κ1) is 20.2. The number of nitrogens with one attached hydrogen (secondary N) is 1. The summed E-state index contributed by atoms with van der Waals surface area (Å²) in [5, 5.41) is 14.5. The second-order valence-electron chi connectivity index (χ2n) is 6.73. The minimum atomic E-state index is -0.472. The van der Waals surface area contributed by atoms with E-state index in [9.17, 15) is 19.3 Å². The van der Waals surface area contributed by atoms with Crippen LogP contribution >= 0.6 is 0 Å². The molecule has 0 saturated heterocycles. The van der Waals surface area contributed by atoms with Crippen molar-refractivity contribution in [3.05, 3.63) is 105 Å². The van der Waals surface area contributed by atoms with Crippen molar-refractivity contribution in [1.82, 2.24) is 0 Å². The quantitative estimate of drug-likeness (QED) is 0.302. The van der Waals surface area contributed by atoms with E-state index in [-0.39, 0.29) is 17.9 Å². The highest BCUT2D eigenvalue weighted by atomic mass is 19.1. The summed E-state index contributed by atoms with van der Waals surface area (Å²) < 4.78 is 13.2. The van der Waals surface area contributed by atoms with E-state index in [1.165, 1.54) is 42.0 Å². The van der Waals surface area contributed by atoms with Gasteiger partial charge in [0.15, 0.2) is 5.78 Å². The monoisotopic (exact) mass is 392 g/mol. The van der Waals surface area contributed by atoms with Crippen molar-refractivity contribution in [2.45, 2.75) is 25.8 Å². The largest absolute Gasteiger partial charge is 0.378 e. The molecule has 3 aromatic rings. The Bertz CT molecular complexity index is 1000. The van der Waals surface area contributed by atoms with Gasteiger partial charge in [0.2, 0.25) is 0 Å². The highest BCUT2D eigenvalue weighted by molar-refractivity contribution is 5.96. The second kappa shape index (κ2) is 9.10. The van der Waals surface area contributed by atoms with Crippen LogP contribution in [0.1, 0.15) is 40.9 Å². The maximum atomic E-state index is 13.2. The first-order valence-electron chi connectivity index (χ1n) is 9.35. The number of nitro benzene ring substituents is 1. The lowest BCUT2D eigenvalue weighted by Gasteiger charge is -2.20. The lowest BCUT2D eigenvalue weighted by Crippen LogP contribution is -2.16. The number of halogens is 1. The third kappa shape index (κ3) is 5.25. The predicted molar refractivity (Wildman–Crippen MR) is 111 cm³/mol. The molecule has 0 aliphatic carbocycles. The van der Waals surface area contributed by atoms with Gasteiger partial charge in [-0.05, 0) is 53.9 Å². The van der Waals surface area contributed by atoms with Gasteiger partial charge in [0.25, 0.3) is 5.69 Å². The number of nitro groups is 1. The van der Waals surface area contributed by atoms with Crippen LogP contribution in [-0.4, -0.2) is 10.7 Å². The number of ketones is 1.